The molecule has 1 aliphatic carbocycles. The van der Waals surface area contributed by atoms with Gasteiger partial charge in [0, 0.05) is 32.2 Å². The van der Waals surface area contributed by atoms with Crippen molar-refractivity contribution < 1.29 is 18.4 Å². The Kier molecular flexibility index (Phi) is 4.54. The lowest BCUT2D eigenvalue weighted by Crippen LogP contribution is -2.24. The molecule has 1 atom stereocenters. The highest BCUT2D eigenvalue weighted by atomic mass is 32.2. The highest BCUT2D eigenvalue weighted by molar-refractivity contribution is 7.99. The SMILES string of the molecule is Nc1ccccc1Sc1cc(S(=O)O)c(N)c2c1C(=O)c1ccccc1C2=O. The molecule has 0 spiro atoms. The molecule has 0 heterocycles. The Morgan fingerprint density at radius 2 is 1.39 bits per heavy atom. The van der Waals surface area contributed by atoms with Crippen LogP contribution in [0.25, 0.3) is 0 Å². The van der Waals surface area contributed by atoms with Crippen LogP contribution < -0.4 is 11.5 Å². The molecular formula is C20H14N2O4S2. The lowest BCUT2D eigenvalue weighted by atomic mass is 9.83. The molecule has 0 aromatic heterocycles. The van der Waals surface area contributed by atoms with E-state index in [1.165, 1.54) is 6.07 Å². The number of ketones is 2. The summed E-state index contributed by atoms with van der Waals surface area (Å²) in [5, 5.41) is 0. The highest BCUT2D eigenvalue weighted by Crippen LogP contribution is 2.43. The summed E-state index contributed by atoms with van der Waals surface area (Å²) in [7, 11) is 0. The fourth-order valence-corrected chi connectivity index (χ4v) is 4.80. The largest absolute Gasteiger partial charge is 0.398 e. The van der Waals surface area contributed by atoms with Crippen LogP contribution in [0.5, 0.6) is 0 Å². The van der Waals surface area contributed by atoms with Gasteiger partial charge in [0.25, 0.3) is 0 Å². The Balaban J connectivity index is 2.01. The molecule has 0 aliphatic heterocycles. The van der Waals surface area contributed by atoms with Crippen LogP contribution in [0.3, 0.4) is 0 Å². The molecule has 1 aliphatic rings. The van der Waals surface area contributed by atoms with Crippen LogP contribution in [0, 0.1) is 0 Å². The van der Waals surface area contributed by atoms with Crippen molar-refractivity contribution in [3.05, 3.63) is 76.9 Å². The van der Waals surface area contributed by atoms with E-state index in [-0.39, 0.29) is 38.6 Å². The molecule has 0 saturated carbocycles. The summed E-state index contributed by atoms with van der Waals surface area (Å²) in [6.45, 7) is 0. The van der Waals surface area contributed by atoms with E-state index < -0.39 is 16.9 Å². The summed E-state index contributed by atoms with van der Waals surface area (Å²) in [6, 6.07) is 14.9. The first-order chi connectivity index (χ1) is 13.4. The second-order valence-electron chi connectivity index (χ2n) is 6.13. The number of carbonyl (C=O) groups excluding carboxylic acids is 2. The molecule has 0 radical (unpaired) electrons. The summed E-state index contributed by atoms with van der Waals surface area (Å²) < 4.78 is 21.5. The Morgan fingerprint density at radius 1 is 0.821 bits per heavy atom. The summed E-state index contributed by atoms with van der Waals surface area (Å²) in [5.41, 5.74) is 13.0. The van der Waals surface area contributed by atoms with Gasteiger partial charge in [-0.25, -0.2) is 4.21 Å². The Bertz CT molecular complexity index is 1190. The van der Waals surface area contributed by atoms with Gasteiger partial charge in [0.05, 0.1) is 16.1 Å². The first-order valence-corrected chi connectivity index (χ1v) is 10.1. The molecular weight excluding hydrogens is 396 g/mol. The lowest BCUT2D eigenvalue weighted by Gasteiger charge is -2.23. The predicted molar refractivity (Wildman–Crippen MR) is 108 cm³/mol. The van der Waals surface area contributed by atoms with Crippen LogP contribution in [0.15, 0.2) is 69.3 Å². The van der Waals surface area contributed by atoms with Crippen molar-refractivity contribution in [1.29, 1.82) is 0 Å². The quantitative estimate of drug-likeness (QED) is 0.349. The van der Waals surface area contributed by atoms with Crippen LogP contribution in [0.4, 0.5) is 11.4 Å². The minimum Gasteiger partial charge on any atom is -0.398 e. The summed E-state index contributed by atoms with van der Waals surface area (Å²) in [6.07, 6.45) is 0. The first-order valence-electron chi connectivity index (χ1n) is 8.18. The molecule has 0 saturated heterocycles. The van der Waals surface area contributed by atoms with Gasteiger partial charge in [-0.1, -0.05) is 48.2 Å². The van der Waals surface area contributed by atoms with Crippen LogP contribution in [-0.2, 0) is 11.1 Å². The van der Waals surface area contributed by atoms with Crippen LogP contribution >= 0.6 is 11.8 Å². The Hall–Kier alpha value is -2.94. The molecule has 140 valence electrons. The van der Waals surface area contributed by atoms with E-state index in [0.717, 1.165) is 11.8 Å². The minimum absolute atomic E-state index is 0.0411. The van der Waals surface area contributed by atoms with Crippen molar-refractivity contribution >= 4 is 45.8 Å². The van der Waals surface area contributed by atoms with Crippen molar-refractivity contribution in [2.75, 3.05) is 11.5 Å². The normalized spacial score (nSPS) is 13.8. The monoisotopic (exact) mass is 410 g/mol. The molecule has 0 amide bonds. The molecule has 6 nitrogen and oxygen atoms in total. The molecule has 0 fully saturated rings. The maximum atomic E-state index is 13.2. The van der Waals surface area contributed by atoms with Gasteiger partial charge in [-0.05, 0) is 18.2 Å². The van der Waals surface area contributed by atoms with Gasteiger partial charge < -0.3 is 16.0 Å². The lowest BCUT2D eigenvalue weighted by molar-refractivity contribution is 0.0977. The summed E-state index contributed by atoms with van der Waals surface area (Å²) in [4.78, 5) is 27.2. The van der Waals surface area contributed by atoms with Crippen molar-refractivity contribution in [3.8, 4) is 0 Å². The second-order valence-corrected chi connectivity index (χ2v) is 8.15. The van der Waals surface area contributed by atoms with E-state index in [0.29, 0.717) is 15.5 Å². The van der Waals surface area contributed by atoms with E-state index in [1.807, 2.05) is 0 Å². The number of fused-ring (bicyclic) bond motifs is 2. The molecule has 8 heteroatoms. The number of carbonyl (C=O) groups is 2. The third kappa shape index (κ3) is 2.82. The number of hydrogen-bond acceptors (Lipinski definition) is 6. The zero-order valence-corrected chi connectivity index (χ0v) is 16.0. The van der Waals surface area contributed by atoms with Gasteiger partial charge in [0.2, 0.25) is 0 Å². The average Bonchev–Trinajstić information content (AvgIpc) is 2.68. The van der Waals surface area contributed by atoms with E-state index in [4.69, 9.17) is 11.5 Å². The topological polar surface area (TPSA) is 123 Å². The smallest absolute Gasteiger partial charge is 0.196 e. The molecule has 4 rings (SSSR count). The van der Waals surface area contributed by atoms with E-state index in [2.05, 4.69) is 0 Å². The summed E-state index contributed by atoms with van der Waals surface area (Å²) >= 11 is -1.28. The third-order valence-corrected chi connectivity index (χ3v) is 6.34. The second kappa shape index (κ2) is 6.90. The fraction of sp³-hybridized carbons (Fsp3) is 0. The van der Waals surface area contributed by atoms with Crippen molar-refractivity contribution in [2.45, 2.75) is 14.7 Å². The zero-order valence-electron chi connectivity index (χ0n) is 14.3. The maximum Gasteiger partial charge on any atom is 0.196 e. The number of hydrogen-bond donors (Lipinski definition) is 3. The molecule has 5 N–H and O–H groups in total. The van der Waals surface area contributed by atoms with Gasteiger partial charge >= 0.3 is 0 Å². The van der Waals surface area contributed by atoms with Crippen LogP contribution in [0.1, 0.15) is 31.8 Å². The highest BCUT2D eigenvalue weighted by Gasteiger charge is 2.35. The van der Waals surface area contributed by atoms with Crippen molar-refractivity contribution in [3.63, 3.8) is 0 Å². The maximum absolute atomic E-state index is 13.2. The van der Waals surface area contributed by atoms with Gasteiger partial charge in [-0.15, -0.1) is 0 Å². The predicted octanol–water partition coefficient (Wildman–Crippen LogP) is 3.36. The molecule has 0 bridgehead atoms. The number of para-hydroxylation sites is 1. The zero-order chi connectivity index (χ0) is 20.0. The van der Waals surface area contributed by atoms with Gasteiger partial charge in [-0.3, -0.25) is 9.59 Å². The van der Waals surface area contributed by atoms with Gasteiger partial charge in [-0.2, -0.15) is 0 Å². The van der Waals surface area contributed by atoms with Gasteiger partial charge in [0.1, 0.15) is 0 Å². The first kappa shape index (κ1) is 18.4. The Morgan fingerprint density at radius 3 is 2.00 bits per heavy atom. The number of anilines is 2. The molecule has 1 unspecified atom stereocenters. The number of nitrogens with two attached hydrogens (primary N) is 2. The number of nitrogen functional groups attached to an aromatic ring is 2. The molecule has 3 aromatic carbocycles. The van der Waals surface area contributed by atoms with Crippen molar-refractivity contribution in [2.24, 2.45) is 0 Å². The van der Waals surface area contributed by atoms with E-state index in [1.54, 1.807) is 48.5 Å². The fourth-order valence-electron chi connectivity index (χ4n) is 3.18. The number of rotatable bonds is 3. The van der Waals surface area contributed by atoms with Crippen LogP contribution in [0.2, 0.25) is 0 Å². The molecule has 3 aromatic rings. The standard InChI is InChI=1S/C20H14N2O4S2/c21-12-7-3-4-8-13(12)27-14-9-15(28(25)26)18(22)17-16(14)19(23)10-5-1-2-6-11(10)20(17)24/h1-9H,21-22H2,(H,25,26). The minimum atomic E-state index is -2.43. The number of benzene rings is 3. The van der Waals surface area contributed by atoms with Crippen LogP contribution in [-0.4, -0.2) is 20.3 Å². The third-order valence-electron chi connectivity index (χ3n) is 4.49. The molecule has 28 heavy (non-hydrogen) atoms. The van der Waals surface area contributed by atoms with Crippen molar-refractivity contribution in [1.82, 2.24) is 0 Å². The van der Waals surface area contributed by atoms with Gasteiger partial charge in [0.15, 0.2) is 22.6 Å². The summed E-state index contributed by atoms with van der Waals surface area (Å²) in [5.74, 6) is -0.804. The van der Waals surface area contributed by atoms with E-state index in [9.17, 15) is 18.4 Å². The van der Waals surface area contributed by atoms with E-state index >= 15 is 0 Å². The average molecular weight is 410 g/mol. The Labute approximate surface area is 167 Å².